The maximum absolute atomic E-state index is 11.8. The lowest BCUT2D eigenvalue weighted by Crippen LogP contribution is -2.55. The summed E-state index contributed by atoms with van der Waals surface area (Å²) in [5.74, 6) is -0.383. The van der Waals surface area contributed by atoms with E-state index >= 15 is 0 Å². The molecule has 0 aromatic heterocycles. The van der Waals surface area contributed by atoms with Gasteiger partial charge in [-0.2, -0.15) is 13.2 Å². The molecule has 1 atom stereocenters. The van der Waals surface area contributed by atoms with Crippen molar-refractivity contribution in [3.63, 3.8) is 0 Å². The van der Waals surface area contributed by atoms with Gasteiger partial charge in [0.05, 0.1) is 12.5 Å². The van der Waals surface area contributed by atoms with Crippen LogP contribution in [0.1, 0.15) is 6.42 Å². The fourth-order valence-corrected chi connectivity index (χ4v) is 1.29. The summed E-state index contributed by atoms with van der Waals surface area (Å²) < 4.78 is 35.3. The zero-order valence-electron chi connectivity index (χ0n) is 8.16. The summed E-state index contributed by atoms with van der Waals surface area (Å²) in [7, 11) is 0. The molecule has 1 aliphatic heterocycles. The number of piperazine rings is 1. The van der Waals surface area contributed by atoms with Crippen LogP contribution < -0.4 is 16.0 Å². The van der Waals surface area contributed by atoms with Crippen LogP contribution in [0.2, 0.25) is 0 Å². The normalized spacial score (nSPS) is 22.5. The van der Waals surface area contributed by atoms with Crippen molar-refractivity contribution in [3.8, 4) is 0 Å². The molecule has 1 saturated heterocycles. The molecule has 0 spiro atoms. The van der Waals surface area contributed by atoms with Crippen molar-refractivity contribution < 1.29 is 18.0 Å². The van der Waals surface area contributed by atoms with Gasteiger partial charge in [-0.1, -0.05) is 0 Å². The minimum absolute atomic E-state index is 0.361. The summed E-state index contributed by atoms with van der Waals surface area (Å²) in [6.45, 7) is 1.52. The number of hydrogen-bond acceptors (Lipinski definition) is 3. The predicted molar refractivity (Wildman–Crippen MR) is 48.3 cm³/mol. The predicted octanol–water partition coefficient (Wildman–Crippen LogP) is -0.384. The van der Waals surface area contributed by atoms with Gasteiger partial charge in [0, 0.05) is 26.2 Å². The summed E-state index contributed by atoms with van der Waals surface area (Å²) in [4.78, 5) is 11.3. The highest BCUT2D eigenvalue weighted by atomic mass is 19.4. The van der Waals surface area contributed by atoms with Crippen molar-refractivity contribution in [2.24, 2.45) is 0 Å². The van der Waals surface area contributed by atoms with E-state index in [0.29, 0.717) is 13.1 Å². The molecule has 1 aliphatic rings. The van der Waals surface area contributed by atoms with Crippen LogP contribution in [-0.2, 0) is 4.79 Å². The largest absolute Gasteiger partial charge is 0.390 e. The second kappa shape index (κ2) is 5.32. The standard InChI is InChI=1S/C8H14F3N3O/c9-8(10,11)1-2-14-7(15)6-5-12-3-4-13-6/h6,12-13H,1-5H2,(H,14,15). The second-order valence-corrected chi connectivity index (χ2v) is 3.37. The molecule has 1 unspecified atom stereocenters. The Morgan fingerprint density at radius 1 is 1.40 bits per heavy atom. The number of carbonyl (C=O) groups is 1. The summed E-state index contributed by atoms with van der Waals surface area (Å²) in [6.07, 6.45) is -5.20. The van der Waals surface area contributed by atoms with Crippen LogP contribution in [0.3, 0.4) is 0 Å². The van der Waals surface area contributed by atoms with Crippen molar-refractivity contribution in [2.75, 3.05) is 26.2 Å². The summed E-state index contributed by atoms with van der Waals surface area (Å²) >= 11 is 0. The minimum Gasteiger partial charge on any atom is -0.354 e. The van der Waals surface area contributed by atoms with E-state index in [1.54, 1.807) is 0 Å². The Balaban J connectivity index is 2.17. The lowest BCUT2D eigenvalue weighted by atomic mass is 10.2. The van der Waals surface area contributed by atoms with Gasteiger partial charge in [-0.05, 0) is 0 Å². The molecule has 0 bridgehead atoms. The third kappa shape index (κ3) is 4.98. The van der Waals surface area contributed by atoms with Crippen LogP contribution in [0.4, 0.5) is 13.2 Å². The molecule has 0 aromatic rings. The Hall–Kier alpha value is -0.820. The van der Waals surface area contributed by atoms with Gasteiger partial charge in [-0.25, -0.2) is 0 Å². The van der Waals surface area contributed by atoms with Gasteiger partial charge in [0.15, 0.2) is 0 Å². The molecular weight excluding hydrogens is 211 g/mol. The molecule has 0 aliphatic carbocycles. The van der Waals surface area contributed by atoms with Gasteiger partial charge in [0.25, 0.3) is 0 Å². The van der Waals surface area contributed by atoms with Crippen LogP contribution in [-0.4, -0.2) is 44.3 Å². The van der Waals surface area contributed by atoms with Crippen LogP contribution in [0, 0.1) is 0 Å². The maximum atomic E-state index is 11.8. The number of halogens is 3. The molecule has 0 aromatic carbocycles. The lowest BCUT2D eigenvalue weighted by Gasteiger charge is -2.23. The first-order valence-electron chi connectivity index (χ1n) is 4.77. The zero-order valence-corrected chi connectivity index (χ0v) is 8.16. The van der Waals surface area contributed by atoms with Crippen LogP contribution in [0.5, 0.6) is 0 Å². The Bertz CT molecular complexity index is 214. The van der Waals surface area contributed by atoms with E-state index in [1.807, 2.05) is 0 Å². The first kappa shape index (κ1) is 12.3. The highest BCUT2D eigenvalue weighted by Gasteiger charge is 2.27. The fraction of sp³-hybridized carbons (Fsp3) is 0.875. The molecule has 88 valence electrons. The van der Waals surface area contributed by atoms with E-state index in [1.165, 1.54) is 0 Å². The molecule has 1 rings (SSSR count). The molecule has 7 heteroatoms. The molecule has 1 heterocycles. The van der Waals surface area contributed by atoms with Gasteiger partial charge in [0.2, 0.25) is 5.91 Å². The monoisotopic (exact) mass is 225 g/mol. The number of carbonyl (C=O) groups excluding carboxylic acids is 1. The van der Waals surface area contributed by atoms with Crippen molar-refractivity contribution in [3.05, 3.63) is 0 Å². The van der Waals surface area contributed by atoms with Gasteiger partial charge >= 0.3 is 6.18 Å². The fourth-order valence-electron chi connectivity index (χ4n) is 1.29. The first-order valence-corrected chi connectivity index (χ1v) is 4.77. The topological polar surface area (TPSA) is 53.2 Å². The Morgan fingerprint density at radius 3 is 2.67 bits per heavy atom. The smallest absolute Gasteiger partial charge is 0.354 e. The van der Waals surface area contributed by atoms with Crippen molar-refractivity contribution >= 4 is 5.91 Å². The highest BCUT2D eigenvalue weighted by Crippen LogP contribution is 2.18. The second-order valence-electron chi connectivity index (χ2n) is 3.37. The number of hydrogen-bond donors (Lipinski definition) is 3. The number of alkyl halides is 3. The van der Waals surface area contributed by atoms with E-state index in [0.717, 1.165) is 6.54 Å². The molecule has 1 amide bonds. The summed E-state index contributed by atoms with van der Waals surface area (Å²) in [5.41, 5.74) is 0. The van der Waals surface area contributed by atoms with Crippen LogP contribution >= 0.6 is 0 Å². The van der Waals surface area contributed by atoms with E-state index in [2.05, 4.69) is 16.0 Å². The maximum Gasteiger partial charge on any atom is 0.390 e. The van der Waals surface area contributed by atoms with Crippen LogP contribution in [0.25, 0.3) is 0 Å². The third-order valence-electron chi connectivity index (χ3n) is 2.07. The van der Waals surface area contributed by atoms with E-state index in [9.17, 15) is 18.0 Å². The van der Waals surface area contributed by atoms with E-state index in [-0.39, 0.29) is 12.5 Å². The Kier molecular flexibility index (Phi) is 4.34. The SMILES string of the molecule is O=C(NCCC(F)(F)F)C1CNCCN1. The van der Waals surface area contributed by atoms with Crippen LogP contribution in [0.15, 0.2) is 0 Å². The van der Waals surface area contributed by atoms with Gasteiger partial charge < -0.3 is 16.0 Å². The molecule has 1 fully saturated rings. The molecule has 4 nitrogen and oxygen atoms in total. The van der Waals surface area contributed by atoms with E-state index in [4.69, 9.17) is 0 Å². The molecule has 0 saturated carbocycles. The quantitative estimate of drug-likeness (QED) is 0.613. The Morgan fingerprint density at radius 2 is 2.13 bits per heavy atom. The molecular formula is C8H14F3N3O. The summed E-state index contributed by atoms with van der Waals surface area (Å²) in [5, 5.41) is 8.14. The van der Waals surface area contributed by atoms with Gasteiger partial charge in [0.1, 0.15) is 0 Å². The number of rotatable bonds is 3. The Labute approximate surface area is 85.6 Å². The zero-order chi connectivity index (χ0) is 11.3. The van der Waals surface area contributed by atoms with Gasteiger partial charge in [-0.3, -0.25) is 4.79 Å². The lowest BCUT2D eigenvalue weighted by molar-refractivity contribution is -0.136. The van der Waals surface area contributed by atoms with Gasteiger partial charge in [-0.15, -0.1) is 0 Å². The van der Waals surface area contributed by atoms with Crippen molar-refractivity contribution in [1.29, 1.82) is 0 Å². The van der Waals surface area contributed by atoms with Crippen molar-refractivity contribution in [1.82, 2.24) is 16.0 Å². The highest BCUT2D eigenvalue weighted by molar-refractivity contribution is 5.82. The number of nitrogens with one attached hydrogen (secondary N) is 3. The van der Waals surface area contributed by atoms with Crippen molar-refractivity contribution in [2.45, 2.75) is 18.6 Å². The molecule has 3 N–H and O–H groups in total. The summed E-state index contributed by atoms with van der Waals surface area (Å²) in [6, 6.07) is -0.424. The number of amides is 1. The molecule has 15 heavy (non-hydrogen) atoms. The molecule has 0 radical (unpaired) electrons. The average Bonchev–Trinajstić information content (AvgIpc) is 2.17. The third-order valence-corrected chi connectivity index (χ3v) is 2.07. The first-order chi connectivity index (χ1) is 6.99. The average molecular weight is 225 g/mol. The van der Waals surface area contributed by atoms with E-state index < -0.39 is 18.6 Å². The minimum atomic E-state index is -4.22.